The topological polar surface area (TPSA) is 44.1 Å². The first kappa shape index (κ1) is 23.8. The van der Waals surface area contributed by atoms with Gasteiger partial charge in [-0.2, -0.15) is 5.10 Å². The molecule has 0 saturated carbocycles. The number of alkyl halides is 4. The standard InChI is InChI=1S/C22H16Cl2F4N2O2/c1-32-20-7-3-12(2-6-19(31)15-5-4-14(23)9-16(15)24)8-13(20)11-30-18(22(27)28)10-17(29-30)21(25)26/h2-10,21-22H,11H2,1H3/b6-2+. The van der Waals surface area contributed by atoms with Crippen molar-refractivity contribution in [3.63, 3.8) is 0 Å². The van der Waals surface area contributed by atoms with Crippen molar-refractivity contribution in [2.45, 2.75) is 19.4 Å². The molecule has 2 aromatic carbocycles. The number of ether oxygens (including phenoxy) is 1. The molecule has 3 aromatic rings. The first-order valence-corrected chi connectivity index (χ1v) is 9.93. The number of rotatable bonds is 8. The molecule has 0 amide bonds. The highest BCUT2D eigenvalue weighted by Gasteiger charge is 2.22. The molecular weight excluding hydrogens is 471 g/mol. The molecule has 0 N–H and O–H groups in total. The van der Waals surface area contributed by atoms with Crippen molar-refractivity contribution in [2.24, 2.45) is 0 Å². The largest absolute Gasteiger partial charge is 0.496 e. The molecule has 0 aliphatic carbocycles. The van der Waals surface area contributed by atoms with Crippen LogP contribution in [0.4, 0.5) is 17.6 Å². The molecule has 4 nitrogen and oxygen atoms in total. The molecule has 10 heteroatoms. The third-order valence-corrected chi connectivity index (χ3v) is 5.07. The van der Waals surface area contributed by atoms with Gasteiger partial charge in [-0.3, -0.25) is 9.48 Å². The summed E-state index contributed by atoms with van der Waals surface area (Å²) in [6.45, 7) is -0.228. The van der Waals surface area contributed by atoms with Crippen molar-refractivity contribution >= 4 is 35.1 Å². The van der Waals surface area contributed by atoms with Crippen molar-refractivity contribution in [3.05, 3.63) is 86.7 Å². The van der Waals surface area contributed by atoms with Gasteiger partial charge in [0.25, 0.3) is 12.9 Å². The van der Waals surface area contributed by atoms with Crippen molar-refractivity contribution < 1.29 is 27.1 Å². The van der Waals surface area contributed by atoms with Crippen LogP contribution in [0.15, 0.2) is 48.5 Å². The lowest BCUT2D eigenvalue weighted by Crippen LogP contribution is -2.08. The monoisotopic (exact) mass is 486 g/mol. The Balaban J connectivity index is 1.89. The van der Waals surface area contributed by atoms with Crippen molar-refractivity contribution in [2.75, 3.05) is 7.11 Å². The average Bonchev–Trinajstić information content (AvgIpc) is 3.17. The fraction of sp³-hybridized carbons (Fsp3) is 0.182. The number of nitrogens with zero attached hydrogens (tertiary/aromatic N) is 2. The Hall–Kier alpha value is -2.84. The predicted octanol–water partition coefficient (Wildman–Crippen LogP) is 7.02. The molecule has 0 atom stereocenters. The van der Waals surface area contributed by atoms with Gasteiger partial charge >= 0.3 is 0 Å². The zero-order chi connectivity index (χ0) is 23.4. The molecule has 168 valence electrons. The van der Waals surface area contributed by atoms with Crippen LogP contribution in [0.1, 0.15) is 45.7 Å². The molecule has 0 bridgehead atoms. The van der Waals surface area contributed by atoms with E-state index in [1.165, 1.54) is 31.4 Å². The van der Waals surface area contributed by atoms with E-state index in [0.29, 0.717) is 28.0 Å². The molecule has 3 rings (SSSR count). The van der Waals surface area contributed by atoms with Crippen LogP contribution in [-0.2, 0) is 6.54 Å². The van der Waals surface area contributed by atoms with E-state index in [4.69, 9.17) is 27.9 Å². The molecule has 0 aliphatic heterocycles. The first-order valence-electron chi connectivity index (χ1n) is 9.18. The minimum atomic E-state index is -2.98. The van der Waals surface area contributed by atoms with E-state index in [1.807, 2.05) is 0 Å². The summed E-state index contributed by atoms with van der Waals surface area (Å²) in [6, 6.07) is 9.99. The number of carbonyl (C=O) groups excluding carboxylic acids is 1. The highest BCUT2D eigenvalue weighted by atomic mass is 35.5. The maximum Gasteiger partial charge on any atom is 0.282 e. The van der Waals surface area contributed by atoms with Gasteiger partial charge in [-0.1, -0.05) is 35.3 Å². The van der Waals surface area contributed by atoms with Gasteiger partial charge in [0.15, 0.2) is 5.78 Å². The number of methoxy groups -OCH3 is 1. The highest BCUT2D eigenvalue weighted by molar-refractivity contribution is 6.37. The second-order valence-electron chi connectivity index (χ2n) is 6.65. The van der Waals surface area contributed by atoms with E-state index in [2.05, 4.69) is 5.10 Å². The van der Waals surface area contributed by atoms with E-state index >= 15 is 0 Å². The Morgan fingerprint density at radius 2 is 1.84 bits per heavy atom. The Kier molecular flexibility index (Phi) is 7.58. The SMILES string of the molecule is COc1ccc(/C=C/C(=O)c2ccc(Cl)cc2Cl)cc1Cn1nc(C(F)F)cc1C(F)F. The summed E-state index contributed by atoms with van der Waals surface area (Å²) >= 11 is 11.9. The zero-order valence-electron chi connectivity index (χ0n) is 16.5. The predicted molar refractivity (Wildman–Crippen MR) is 114 cm³/mol. The van der Waals surface area contributed by atoms with Gasteiger partial charge in [0.1, 0.15) is 17.1 Å². The normalized spacial score (nSPS) is 11.7. The summed E-state index contributed by atoms with van der Waals surface area (Å²) in [7, 11) is 1.39. The number of benzene rings is 2. The van der Waals surface area contributed by atoms with E-state index < -0.39 is 24.2 Å². The molecule has 32 heavy (non-hydrogen) atoms. The van der Waals surface area contributed by atoms with Gasteiger partial charge in [0, 0.05) is 16.1 Å². The number of ketones is 1. The van der Waals surface area contributed by atoms with Gasteiger partial charge in [-0.15, -0.1) is 0 Å². The lowest BCUT2D eigenvalue weighted by Gasteiger charge is -2.12. The van der Waals surface area contributed by atoms with E-state index in [0.717, 1.165) is 4.68 Å². The van der Waals surface area contributed by atoms with Gasteiger partial charge < -0.3 is 4.74 Å². The molecule has 0 fully saturated rings. The zero-order valence-corrected chi connectivity index (χ0v) is 18.0. The smallest absolute Gasteiger partial charge is 0.282 e. The third-order valence-electron chi connectivity index (χ3n) is 4.53. The number of hydrogen-bond acceptors (Lipinski definition) is 3. The van der Waals surface area contributed by atoms with Crippen LogP contribution in [0.2, 0.25) is 10.0 Å². The maximum atomic E-state index is 13.3. The molecule has 0 spiro atoms. The Labute approximate surface area is 191 Å². The molecule has 1 heterocycles. The van der Waals surface area contributed by atoms with Crippen LogP contribution < -0.4 is 4.74 Å². The Morgan fingerprint density at radius 3 is 2.47 bits per heavy atom. The van der Waals surface area contributed by atoms with Gasteiger partial charge in [0.05, 0.1) is 18.7 Å². The third kappa shape index (κ3) is 5.49. The number of carbonyl (C=O) groups is 1. The summed E-state index contributed by atoms with van der Waals surface area (Å²) < 4.78 is 58.5. The molecule has 0 saturated heterocycles. The second kappa shape index (κ2) is 10.2. The summed E-state index contributed by atoms with van der Waals surface area (Å²) in [5.41, 5.74) is -0.133. The quantitative estimate of drug-likeness (QED) is 0.195. The van der Waals surface area contributed by atoms with Crippen LogP contribution in [0.5, 0.6) is 5.75 Å². The summed E-state index contributed by atoms with van der Waals surface area (Å²) in [5, 5.41) is 4.20. The number of halogens is 6. The van der Waals surface area contributed by atoms with Gasteiger partial charge in [-0.25, -0.2) is 17.6 Å². The number of aromatic nitrogens is 2. The molecule has 0 aliphatic rings. The Morgan fingerprint density at radius 1 is 1.09 bits per heavy atom. The second-order valence-corrected chi connectivity index (χ2v) is 7.49. The number of allylic oxidation sites excluding steroid dienone is 1. The molecular formula is C22H16Cl2F4N2O2. The minimum Gasteiger partial charge on any atom is -0.496 e. The van der Waals surface area contributed by atoms with Gasteiger partial charge in [0.2, 0.25) is 0 Å². The van der Waals surface area contributed by atoms with Crippen molar-refractivity contribution in [1.29, 1.82) is 0 Å². The highest BCUT2D eigenvalue weighted by Crippen LogP contribution is 2.28. The van der Waals surface area contributed by atoms with Crippen LogP contribution in [0, 0.1) is 0 Å². The van der Waals surface area contributed by atoms with E-state index in [-0.39, 0.29) is 22.9 Å². The molecule has 0 radical (unpaired) electrons. The average molecular weight is 487 g/mol. The van der Waals surface area contributed by atoms with Crippen molar-refractivity contribution in [1.82, 2.24) is 9.78 Å². The van der Waals surface area contributed by atoms with Gasteiger partial charge in [-0.05, 0) is 48.0 Å². The number of hydrogen-bond donors (Lipinski definition) is 0. The van der Waals surface area contributed by atoms with E-state index in [1.54, 1.807) is 24.3 Å². The van der Waals surface area contributed by atoms with E-state index in [9.17, 15) is 22.4 Å². The van der Waals surface area contributed by atoms with Crippen LogP contribution in [-0.4, -0.2) is 22.7 Å². The minimum absolute atomic E-state index is 0.204. The van der Waals surface area contributed by atoms with Crippen LogP contribution in [0.25, 0.3) is 6.08 Å². The summed E-state index contributed by atoms with van der Waals surface area (Å²) in [5.74, 6) is -0.0128. The summed E-state index contributed by atoms with van der Waals surface area (Å²) in [4.78, 5) is 12.4. The Bertz CT molecular complexity index is 1160. The van der Waals surface area contributed by atoms with Crippen LogP contribution >= 0.6 is 23.2 Å². The molecule has 1 aromatic heterocycles. The lowest BCUT2D eigenvalue weighted by atomic mass is 10.1. The maximum absolute atomic E-state index is 13.3. The first-order chi connectivity index (χ1) is 15.2. The summed E-state index contributed by atoms with van der Waals surface area (Å²) in [6.07, 6.45) is -3.15. The fourth-order valence-electron chi connectivity index (χ4n) is 3.00. The van der Waals surface area contributed by atoms with Crippen molar-refractivity contribution in [3.8, 4) is 5.75 Å². The van der Waals surface area contributed by atoms with Crippen LogP contribution in [0.3, 0.4) is 0 Å². The molecule has 0 unspecified atom stereocenters. The fourth-order valence-corrected chi connectivity index (χ4v) is 3.50. The lowest BCUT2D eigenvalue weighted by molar-refractivity contribution is 0.104.